The van der Waals surface area contributed by atoms with E-state index in [1.807, 2.05) is 31.2 Å². The first-order valence-corrected chi connectivity index (χ1v) is 9.54. The number of hydrogen-bond acceptors (Lipinski definition) is 7. The Kier molecular flexibility index (Phi) is 6.13. The number of nitro benzene ring substituents is 1. The second kappa shape index (κ2) is 8.74. The molecule has 2 N–H and O–H groups in total. The minimum Gasteiger partial charge on any atom is -0.496 e. The number of aromatic nitrogens is 3. The molecule has 0 spiro atoms. The molecule has 29 heavy (non-hydrogen) atoms. The number of hydrogen-bond donors (Lipinski definition) is 2. The van der Waals surface area contributed by atoms with Gasteiger partial charge in [-0.15, -0.1) is 5.10 Å². The number of amides is 1. The summed E-state index contributed by atoms with van der Waals surface area (Å²) >= 11 is 1.15. The van der Waals surface area contributed by atoms with Crippen molar-refractivity contribution in [2.45, 2.75) is 24.3 Å². The second-order valence-electron chi connectivity index (χ2n) is 6.22. The first-order valence-electron chi connectivity index (χ1n) is 8.66. The molecule has 0 fully saturated rings. The van der Waals surface area contributed by atoms with Crippen molar-refractivity contribution in [2.75, 3.05) is 12.4 Å². The van der Waals surface area contributed by atoms with Crippen LogP contribution < -0.4 is 10.1 Å². The molecule has 0 radical (unpaired) electrons. The number of H-pyrrole nitrogens is 1. The normalized spacial score (nSPS) is 11.7. The highest BCUT2D eigenvalue weighted by Gasteiger charge is 2.22. The number of carbonyl (C=O) groups is 1. The van der Waals surface area contributed by atoms with Gasteiger partial charge >= 0.3 is 0 Å². The molecule has 3 rings (SSSR count). The molecule has 0 unspecified atom stereocenters. The Morgan fingerprint density at radius 1 is 1.28 bits per heavy atom. The molecule has 0 bridgehead atoms. The Labute approximate surface area is 171 Å². The van der Waals surface area contributed by atoms with E-state index in [0.717, 1.165) is 22.9 Å². The number of nitrogens with one attached hydrogen (secondary N) is 2. The molecule has 1 atom stereocenters. The zero-order valence-electron chi connectivity index (χ0n) is 16.0. The van der Waals surface area contributed by atoms with Crippen LogP contribution in [0.1, 0.15) is 12.5 Å². The Morgan fingerprint density at radius 2 is 2.00 bits per heavy atom. The largest absolute Gasteiger partial charge is 0.496 e. The number of methoxy groups -OCH3 is 1. The van der Waals surface area contributed by atoms with Gasteiger partial charge in [-0.3, -0.25) is 20.0 Å². The first-order chi connectivity index (χ1) is 13.9. The number of aromatic amines is 1. The topological polar surface area (TPSA) is 123 Å². The molecule has 9 nitrogen and oxygen atoms in total. The van der Waals surface area contributed by atoms with Crippen molar-refractivity contribution in [3.63, 3.8) is 0 Å². The van der Waals surface area contributed by atoms with Crippen LogP contribution in [0, 0.1) is 17.0 Å². The fraction of sp³-hybridized carbons (Fsp3) is 0.211. The molecule has 150 valence electrons. The maximum Gasteiger partial charge on any atom is 0.296 e. The Morgan fingerprint density at radius 3 is 2.66 bits per heavy atom. The predicted molar refractivity (Wildman–Crippen MR) is 110 cm³/mol. The van der Waals surface area contributed by atoms with Crippen molar-refractivity contribution in [1.82, 2.24) is 15.2 Å². The minimum absolute atomic E-state index is 0.101. The summed E-state index contributed by atoms with van der Waals surface area (Å²) in [5.41, 5.74) is 1.89. The van der Waals surface area contributed by atoms with E-state index in [-0.39, 0.29) is 11.4 Å². The van der Waals surface area contributed by atoms with Crippen LogP contribution in [-0.4, -0.2) is 38.4 Å². The van der Waals surface area contributed by atoms with Crippen molar-refractivity contribution < 1.29 is 14.5 Å². The average molecular weight is 413 g/mol. The molecule has 0 saturated carbocycles. The molecule has 3 aromatic rings. The van der Waals surface area contributed by atoms with Gasteiger partial charge < -0.3 is 10.1 Å². The molecule has 1 aromatic heterocycles. The summed E-state index contributed by atoms with van der Waals surface area (Å²) in [7, 11) is 1.41. The molecule has 0 aliphatic carbocycles. The third-order valence-electron chi connectivity index (χ3n) is 4.10. The predicted octanol–water partition coefficient (Wildman–Crippen LogP) is 3.82. The zero-order chi connectivity index (χ0) is 21.0. The van der Waals surface area contributed by atoms with E-state index in [1.165, 1.54) is 19.2 Å². The maximum absolute atomic E-state index is 12.5. The molecule has 0 aliphatic rings. The van der Waals surface area contributed by atoms with Gasteiger partial charge in [0.05, 0.1) is 23.3 Å². The monoisotopic (exact) mass is 413 g/mol. The van der Waals surface area contributed by atoms with Crippen molar-refractivity contribution in [3.05, 3.63) is 58.1 Å². The number of aryl methyl sites for hydroxylation is 1. The van der Waals surface area contributed by atoms with E-state index in [0.29, 0.717) is 16.7 Å². The number of nitrogens with zero attached hydrogens (tertiary/aromatic N) is 3. The molecule has 10 heteroatoms. The van der Waals surface area contributed by atoms with Gasteiger partial charge in [0.2, 0.25) is 11.1 Å². The number of anilines is 1. The van der Waals surface area contributed by atoms with Crippen LogP contribution in [-0.2, 0) is 4.79 Å². The number of ether oxygens (including phenoxy) is 1. The Hall–Kier alpha value is -3.40. The molecular formula is C19H19N5O4S. The van der Waals surface area contributed by atoms with Gasteiger partial charge in [0.25, 0.3) is 5.69 Å². The van der Waals surface area contributed by atoms with Gasteiger partial charge in [-0.1, -0.05) is 41.6 Å². The third-order valence-corrected chi connectivity index (χ3v) is 5.06. The Balaban J connectivity index is 1.69. The molecule has 2 aromatic carbocycles. The summed E-state index contributed by atoms with van der Waals surface area (Å²) in [6.45, 7) is 3.68. The van der Waals surface area contributed by atoms with Crippen LogP contribution >= 0.6 is 11.8 Å². The van der Waals surface area contributed by atoms with Crippen LogP contribution in [0.5, 0.6) is 5.75 Å². The summed E-state index contributed by atoms with van der Waals surface area (Å²) in [5, 5.41) is 20.7. The highest BCUT2D eigenvalue weighted by atomic mass is 32.2. The van der Waals surface area contributed by atoms with Gasteiger partial charge in [0.1, 0.15) is 11.4 Å². The summed E-state index contributed by atoms with van der Waals surface area (Å²) in [6.07, 6.45) is 0. The summed E-state index contributed by atoms with van der Waals surface area (Å²) in [6, 6.07) is 12.1. The summed E-state index contributed by atoms with van der Waals surface area (Å²) in [5.74, 6) is 0.539. The Bertz CT molecular complexity index is 1040. The number of nitro groups is 1. The van der Waals surface area contributed by atoms with Crippen molar-refractivity contribution in [1.29, 1.82) is 0 Å². The number of thioether (sulfide) groups is 1. The van der Waals surface area contributed by atoms with Crippen LogP contribution in [0.3, 0.4) is 0 Å². The van der Waals surface area contributed by atoms with Gasteiger partial charge in [-0.05, 0) is 26.0 Å². The maximum atomic E-state index is 12.5. The highest BCUT2D eigenvalue weighted by Crippen LogP contribution is 2.30. The molecular weight excluding hydrogens is 394 g/mol. The fourth-order valence-corrected chi connectivity index (χ4v) is 3.21. The lowest BCUT2D eigenvalue weighted by atomic mass is 10.1. The first kappa shape index (κ1) is 20.3. The van der Waals surface area contributed by atoms with Crippen LogP contribution in [0.15, 0.2) is 47.6 Å². The molecule has 1 heterocycles. The minimum atomic E-state index is -0.571. The lowest BCUT2D eigenvalue weighted by molar-refractivity contribution is -0.384. The van der Waals surface area contributed by atoms with E-state index in [4.69, 9.17) is 4.74 Å². The van der Waals surface area contributed by atoms with E-state index >= 15 is 0 Å². The lowest BCUT2D eigenvalue weighted by Crippen LogP contribution is -2.23. The average Bonchev–Trinajstić information content (AvgIpc) is 3.17. The number of rotatable bonds is 7. The summed E-state index contributed by atoms with van der Waals surface area (Å²) < 4.78 is 5.00. The van der Waals surface area contributed by atoms with Gasteiger partial charge in [0.15, 0.2) is 5.82 Å². The lowest BCUT2D eigenvalue weighted by Gasteiger charge is -2.11. The van der Waals surface area contributed by atoms with Gasteiger partial charge in [0, 0.05) is 5.56 Å². The third kappa shape index (κ3) is 4.91. The van der Waals surface area contributed by atoms with Crippen molar-refractivity contribution in [2.24, 2.45) is 0 Å². The van der Waals surface area contributed by atoms with E-state index in [9.17, 15) is 14.9 Å². The molecule has 1 amide bonds. The van der Waals surface area contributed by atoms with Crippen LogP contribution in [0.25, 0.3) is 11.4 Å². The van der Waals surface area contributed by atoms with Crippen molar-refractivity contribution >= 4 is 29.0 Å². The van der Waals surface area contributed by atoms with Crippen molar-refractivity contribution in [3.8, 4) is 17.1 Å². The highest BCUT2D eigenvalue weighted by molar-refractivity contribution is 8.00. The van der Waals surface area contributed by atoms with E-state index in [1.54, 1.807) is 13.0 Å². The SMILES string of the molecule is COc1ccc(NC(=O)[C@@H](C)Sc2n[nH]c(-c3ccc(C)cc3)n2)c([N+](=O)[O-])c1. The fourth-order valence-electron chi connectivity index (χ4n) is 2.48. The smallest absolute Gasteiger partial charge is 0.296 e. The van der Waals surface area contributed by atoms with E-state index in [2.05, 4.69) is 20.5 Å². The number of carbonyl (C=O) groups excluding carboxylic acids is 1. The van der Waals surface area contributed by atoms with Gasteiger partial charge in [-0.25, -0.2) is 4.98 Å². The number of benzene rings is 2. The quantitative estimate of drug-likeness (QED) is 0.343. The van der Waals surface area contributed by atoms with E-state index < -0.39 is 16.1 Å². The van der Waals surface area contributed by atoms with Crippen LogP contribution in [0.4, 0.5) is 11.4 Å². The van der Waals surface area contributed by atoms with Crippen LogP contribution in [0.2, 0.25) is 0 Å². The molecule has 0 saturated heterocycles. The second-order valence-corrected chi connectivity index (χ2v) is 7.53. The standard InChI is InChI=1S/C19H19N5O4S/c1-11-4-6-13(7-5-11)17-21-19(23-22-17)29-12(2)18(25)20-15-9-8-14(28-3)10-16(15)24(26)27/h4-10,12H,1-3H3,(H,20,25)(H,21,22,23)/t12-/m1/s1. The van der Waals surface area contributed by atoms with Gasteiger partial charge in [-0.2, -0.15) is 0 Å². The zero-order valence-corrected chi connectivity index (χ0v) is 16.8. The molecule has 0 aliphatic heterocycles. The summed E-state index contributed by atoms with van der Waals surface area (Å²) in [4.78, 5) is 27.6.